The first-order chi connectivity index (χ1) is 11.5. The molecular weight excluding hydrogens is 314 g/mol. The lowest BCUT2D eigenvalue weighted by Crippen LogP contribution is -2.02. The molecule has 0 aromatic heterocycles. The monoisotopic (exact) mass is 329 g/mol. The predicted octanol–water partition coefficient (Wildman–Crippen LogP) is 2.97. The second-order valence-corrected chi connectivity index (χ2v) is 4.70. The van der Waals surface area contributed by atoms with Crippen molar-refractivity contribution in [2.24, 2.45) is 5.16 Å². The van der Waals surface area contributed by atoms with Crippen LogP contribution in [-0.4, -0.2) is 24.2 Å². The molecule has 2 aromatic carbocycles. The smallest absolute Gasteiger partial charge is 0.275 e. The first-order valence-corrected chi connectivity index (χ1v) is 6.90. The highest BCUT2D eigenvalue weighted by atomic mass is 16.6. The number of nitro benzene ring substituents is 1. The van der Waals surface area contributed by atoms with E-state index in [-0.39, 0.29) is 17.1 Å². The van der Waals surface area contributed by atoms with Crippen molar-refractivity contribution in [2.75, 3.05) is 12.4 Å². The predicted molar refractivity (Wildman–Crippen MR) is 88.6 cm³/mol. The number of non-ortho nitro benzene ring substituents is 1. The molecule has 0 spiro atoms. The van der Waals surface area contributed by atoms with Gasteiger partial charge in [0.1, 0.15) is 5.75 Å². The summed E-state index contributed by atoms with van der Waals surface area (Å²) >= 11 is 0. The first kappa shape index (κ1) is 16.9. The normalized spacial score (nSPS) is 10.8. The lowest BCUT2D eigenvalue weighted by Gasteiger charge is -2.08. The number of nitrogens with one attached hydrogen (secondary N) is 1. The van der Waals surface area contributed by atoms with Gasteiger partial charge in [-0.15, -0.1) is 0 Å². The summed E-state index contributed by atoms with van der Waals surface area (Å²) in [6.45, 7) is 1.72. The number of benzene rings is 2. The van der Waals surface area contributed by atoms with Gasteiger partial charge in [-0.25, -0.2) is 0 Å². The first-order valence-electron chi connectivity index (χ1n) is 6.90. The van der Waals surface area contributed by atoms with Gasteiger partial charge in [0.2, 0.25) is 6.41 Å². The number of methoxy groups -OCH3 is 1. The van der Waals surface area contributed by atoms with Crippen LogP contribution in [0.25, 0.3) is 0 Å². The second kappa shape index (κ2) is 7.73. The molecule has 0 atom stereocenters. The van der Waals surface area contributed by atoms with Crippen molar-refractivity contribution < 1.29 is 19.3 Å². The van der Waals surface area contributed by atoms with E-state index in [2.05, 4.69) is 10.5 Å². The lowest BCUT2D eigenvalue weighted by atomic mass is 10.1. The summed E-state index contributed by atoms with van der Waals surface area (Å²) in [5, 5.41) is 17.3. The van der Waals surface area contributed by atoms with Crippen molar-refractivity contribution in [2.45, 2.75) is 6.92 Å². The van der Waals surface area contributed by atoms with Crippen molar-refractivity contribution in [1.82, 2.24) is 0 Å². The van der Waals surface area contributed by atoms with Gasteiger partial charge in [0.25, 0.3) is 5.69 Å². The van der Waals surface area contributed by atoms with Crippen LogP contribution in [0.4, 0.5) is 11.4 Å². The van der Waals surface area contributed by atoms with E-state index in [0.29, 0.717) is 17.9 Å². The summed E-state index contributed by atoms with van der Waals surface area (Å²) in [4.78, 5) is 26.1. The molecule has 124 valence electrons. The largest absolute Gasteiger partial charge is 0.496 e. The average Bonchev–Trinajstić information content (AvgIpc) is 2.59. The summed E-state index contributed by atoms with van der Waals surface area (Å²) in [5.74, 6) is 0.757. The van der Waals surface area contributed by atoms with E-state index in [4.69, 9.17) is 9.57 Å². The maximum absolute atomic E-state index is 10.9. The highest BCUT2D eigenvalue weighted by Gasteiger charge is 2.11. The van der Waals surface area contributed by atoms with E-state index < -0.39 is 4.92 Å². The summed E-state index contributed by atoms with van der Waals surface area (Å²) in [7, 11) is 1.55. The zero-order valence-corrected chi connectivity index (χ0v) is 13.1. The van der Waals surface area contributed by atoms with E-state index in [0.717, 1.165) is 5.56 Å². The number of carbonyl (C=O) groups is 1. The third-order valence-electron chi connectivity index (χ3n) is 3.11. The topological polar surface area (TPSA) is 103 Å². The summed E-state index contributed by atoms with van der Waals surface area (Å²) in [5.41, 5.74) is 1.28. The number of ether oxygens (including phenoxy) is 1. The molecule has 0 aliphatic rings. The molecule has 0 aliphatic carbocycles. The van der Waals surface area contributed by atoms with Crippen molar-refractivity contribution in [3.63, 3.8) is 0 Å². The van der Waals surface area contributed by atoms with Gasteiger partial charge in [-0.2, -0.15) is 0 Å². The minimum atomic E-state index is -0.584. The number of nitrogens with zero attached hydrogens (tertiary/aromatic N) is 2. The molecule has 2 rings (SSSR count). The Bertz CT molecular complexity index is 789. The average molecular weight is 329 g/mol. The fraction of sp³-hybridized carbons (Fsp3) is 0.125. The van der Waals surface area contributed by atoms with Crippen LogP contribution in [0.5, 0.6) is 11.5 Å². The molecule has 0 radical (unpaired) electrons. The van der Waals surface area contributed by atoms with Gasteiger partial charge >= 0.3 is 0 Å². The Labute approximate surface area is 137 Å². The number of hydrogen-bond acceptors (Lipinski definition) is 6. The molecular formula is C16H15N3O5. The zero-order valence-electron chi connectivity index (χ0n) is 13.1. The standard InChI is InChI=1S/C16H15N3O5/c1-11(15-5-3-4-6-16(15)23-2)18-24-14-8-12(17-10-20)7-13(9-14)19(21)22/h3-10H,1-2H3,(H,17,20). The maximum Gasteiger partial charge on any atom is 0.275 e. The van der Waals surface area contributed by atoms with E-state index in [1.165, 1.54) is 18.2 Å². The third-order valence-corrected chi connectivity index (χ3v) is 3.11. The van der Waals surface area contributed by atoms with Crippen LogP contribution in [0.1, 0.15) is 12.5 Å². The number of rotatable bonds is 7. The van der Waals surface area contributed by atoms with Gasteiger partial charge in [0, 0.05) is 17.7 Å². The van der Waals surface area contributed by atoms with Crippen LogP contribution in [0.2, 0.25) is 0 Å². The number of nitro groups is 1. The number of oxime groups is 1. The van der Waals surface area contributed by atoms with Gasteiger partial charge in [-0.1, -0.05) is 17.3 Å². The number of hydrogen-bond donors (Lipinski definition) is 1. The van der Waals surface area contributed by atoms with Crippen molar-refractivity contribution in [3.8, 4) is 11.5 Å². The molecule has 0 bridgehead atoms. The van der Waals surface area contributed by atoms with Gasteiger partial charge in [-0.3, -0.25) is 14.9 Å². The van der Waals surface area contributed by atoms with E-state index in [9.17, 15) is 14.9 Å². The summed E-state index contributed by atoms with van der Waals surface area (Å²) < 4.78 is 5.25. The fourth-order valence-corrected chi connectivity index (χ4v) is 2.01. The molecule has 24 heavy (non-hydrogen) atoms. The number of para-hydroxylation sites is 1. The minimum absolute atomic E-state index is 0.128. The van der Waals surface area contributed by atoms with Crippen molar-refractivity contribution in [1.29, 1.82) is 0 Å². The molecule has 0 fully saturated rings. The van der Waals surface area contributed by atoms with Crippen LogP contribution in [-0.2, 0) is 4.79 Å². The second-order valence-electron chi connectivity index (χ2n) is 4.70. The number of anilines is 1. The van der Waals surface area contributed by atoms with Crippen LogP contribution in [0, 0.1) is 10.1 Å². The van der Waals surface area contributed by atoms with E-state index in [1.807, 2.05) is 18.2 Å². The SMILES string of the molecule is COc1ccccc1C(C)=NOc1cc(NC=O)cc([N+](=O)[O-])c1. The minimum Gasteiger partial charge on any atom is -0.496 e. The molecule has 0 unspecified atom stereocenters. The van der Waals surface area contributed by atoms with Crippen LogP contribution < -0.4 is 14.9 Å². The fourth-order valence-electron chi connectivity index (χ4n) is 2.01. The van der Waals surface area contributed by atoms with Gasteiger partial charge in [-0.05, 0) is 19.1 Å². The van der Waals surface area contributed by atoms with Crippen molar-refractivity contribution in [3.05, 3.63) is 58.1 Å². The molecule has 0 saturated carbocycles. The quantitative estimate of drug-likeness (QED) is 0.364. The molecule has 1 N–H and O–H groups in total. The Hall–Kier alpha value is -3.42. The Morgan fingerprint density at radius 2 is 2.04 bits per heavy atom. The Balaban J connectivity index is 2.29. The maximum atomic E-state index is 10.9. The third kappa shape index (κ3) is 4.07. The summed E-state index contributed by atoms with van der Waals surface area (Å²) in [6.07, 6.45) is 0.423. The van der Waals surface area contributed by atoms with Gasteiger partial charge in [0.05, 0.1) is 29.5 Å². The molecule has 0 aliphatic heterocycles. The number of carbonyl (C=O) groups excluding carboxylic acids is 1. The highest BCUT2D eigenvalue weighted by molar-refractivity contribution is 6.00. The molecule has 0 heterocycles. The Morgan fingerprint density at radius 3 is 2.71 bits per heavy atom. The molecule has 1 amide bonds. The van der Waals surface area contributed by atoms with Crippen LogP contribution in [0.15, 0.2) is 47.6 Å². The molecule has 8 heteroatoms. The zero-order chi connectivity index (χ0) is 17.5. The van der Waals surface area contributed by atoms with Crippen LogP contribution in [0.3, 0.4) is 0 Å². The van der Waals surface area contributed by atoms with Crippen LogP contribution >= 0.6 is 0 Å². The van der Waals surface area contributed by atoms with E-state index >= 15 is 0 Å². The molecule has 8 nitrogen and oxygen atoms in total. The molecule has 2 aromatic rings. The summed E-state index contributed by atoms with van der Waals surface area (Å²) in [6, 6.07) is 11.1. The number of amides is 1. The van der Waals surface area contributed by atoms with Gasteiger partial charge in [0.15, 0.2) is 5.75 Å². The Morgan fingerprint density at radius 1 is 1.29 bits per heavy atom. The van der Waals surface area contributed by atoms with E-state index in [1.54, 1.807) is 20.1 Å². The van der Waals surface area contributed by atoms with Gasteiger partial charge < -0.3 is 14.9 Å². The Kier molecular flexibility index (Phi) is 5.45. The van der Waals surface area contributed by atoms with Crippen molar-refractivity contribution >= 4 is 23.5 Å². The molecule has 0 saturated heterocycles. The lowest BCUT2D eigenvalue weighted by molar-refractivity contribution is -0.384. The highest BCUT2D eigenvalue weighted by Crippen LogP contribution is 2.26.